The largest absolute Gasteiger partial charge is 0.228 e. The van der Waals surface area contributed by atoms with Gasteiger partial charge in [-0.1, -0.05) is 19.1 Å². The predicted molar refractivity (Wildman–Crippen MR) is 54.1 cm³/mol. The normalized spacial score (nSPS) is 11.7. The molecule has 0 saturated heterocycles. The minimum Gasteiger partial charge on any atom is -0.228 e. The van der Waals surface area contributed by atoms with Gasteiger partial charge in [-0.3, -0.25) is 0 Å². The molecule has 15 heavy (non-hydrogen) atoms. The quantitative estimate of drug-likeness (QED) is 0.801. The highest BCUT2D eigenvalue weighted by molar-refractivity contribution is 7.90. The molecule has 0 unspecified atom stereocenters. The van der Waals surface area contributed by atoms with E-state index >= 15 is 0 Å². The maximum atomic E-state index is 13.1. The van der Waals surface area contributed by atoms with Gasteiger partial charge in [0.1, 0.15) is 0 Å². The highest BCUT2D eigenvalue weighted by atomic mass is 32.2. The smallest absolute Gasteiger partial charge is 0.163 e. The van der Waals surface area contributed by atoms with Gasteiger partial charge < -0.3 is 0 Å². The molecule has 0 aromatic heterocycles. The second-order valence-corrected chi connectivity index (χ2v) is 5.49. The summed E-state index contributed by atoms with van der Waals surface area (Å²) in [6.07, 6.45) is 0.471. The van der Waals surface area contributed by atoms with Gasteiger partial charge in [0.15, 0.2) is 21.5 Å². The van der Waals surface area contributed by atoms with E-state index in [1.165, 1.54) is 12.1 Å². The summed E-state index contributed by atoms with van der Waals surface area (Å²) in [5, 5.41) is 0. The van der Waals surface area contributed by atoms with Crippen molar-refractivity contribution in [1.82, 2.24) is 0 Å². The Hall–Kier alpha value is -0.970. The molecule has 0 spiro atoms. The Bertz CT molecular complexity index is 441. The Morgan fingerprint density at radius 1 is 1.27 bits per heavy atom. The fourth-order valence-corrected chi connectivity index (χ4v) is 2.74. The molecule has 0 aliphatic heterocycles. The fourth-order valence-electron chi connectivity index (χ4n) is 1.28. The van der Waals surface area contributed by atoms with Gasteiger partial charge in [-0.2, -0.15) is 0 Å². The summed E-state index contributed by atoms with van der Waals surface area (Å²) in [5.41, 5.74) is -0.108. The monoisotopic (exact) mass is 234 g/mol. The van der Waals surface area contributed by atoms with Crippen molar-refractivity contribution in [3.63, 3.8) is 0 Å². The van der Waals surface area contributed by atoms with Gasteiger partial charge in [0.2, 0.25) is 0 Å². The summed E-state index contributed by atoms with van der Waals surface area (Å²) in [6, 6.07) is 3.55. The first-order valence-electron chi connectivity index (χ1n) is 4.59. The Labute approximate surface area is 87.8 Å². The van der Waals surface area contributed by atoms with Crippen LogP contribution in [0.4, 0.5) is 8.78 Å². The molecule has 1 rings (SSSR count). The van der Waals surface area contributed by atoms with Crippen LogP contribution in [0, 0.1) is 11.6 Å². The van der Waals surface area contributed by atoms with E-state index < -0.39 is 27.2 Å². The molecule has 0 aliphatic carbocycles. The van der Waals surface area contributed by atoms with Gasteiger partial charge >= 0.3 is 0 Å². The molecule has 2 nitrogen and oxygen atoms in total. The Morgan fingerprint density at radius 3 is 2.53 bits per heavy atom. The second kappa shape index (κ2) is 4.70. The number of hydrogen-bond acceptors (Lipinski definition) is 2. The molecule has 0 fully saturated rings. The molecule has 0 atom stereocenters. The lowest BCUT2D eigenvalue weighted by molar-refractivity contribution is 0.501. The zero-order valence-corrected chi connectivity index (χ0v) is 9.15. The molecule has 84 valence electrons. The van der Waals surface area contributed by atoms with Crippen molar-refractivity contribution in [1.29, 1.82) is 0 Å². The van der Waals surface area contributed by atoms with Gasteiger partial charge in [-0.05, 0) is 12.5 Å². The molecule has 1 aromatic carbocycles. The first-order valence-corrected chi connectivity index (χ1v) is 6.41. The number of rotatable bonds is 4. The lowest BCUT2D eigenvalue weighted by atomic mass is 10.2. The van der Waals surface area contributed by atoms with Crippen LogP contribution in [0.25, 0.3) is 0 Å². The summed E-state index contributed by atoms with van der Waals surface area (Å²) >= 11 is 0. The molecule has 0 saturated carbocycles. The molecule has 0 N–H and O–H groups in total. The molecule has 0 bridgehead atoms. The van der Waals surface area contributed by atoms with Gasteiger partial charge in [-0.15, -0.1) is 0 Å². The number of hydrogen-bond donors (Lipinski definition) is 0. The minimum absolute atomic E-state index is 0.0110. The van der Waals surface area contributed by atoms with Crippen LogP contribution in [0.15, 0.2) is 18.2 Å². The molecule has 0 heterocycles. The van der Waals surface area contributed by atoms with Crippen molar-refractivity contribution in [2.24, 2.45) is 0 Å². The zero-order valence-electron chi connectivity index (χ0n) is 8.33. The van der Waals surface area contributed by atoms with E-state index in [1.54, 1.807) is 6.92 Å². The molecule has 5 heteroatoms. The third-order valence-electron chi connectivity index (χ3n) is 1.92. The maximum absolute atomic E-state index is 13.1. The Balaban J connectivity index is 2.95. The molecule has 0 radical (unpaired) electrons. The van der Waals surface area contributed by atoms with E-state index in [2.05, 4.69) is 0 Å². The zero-order chi connectivity index (χ0) is 11.5. The van der Waals surface area contributed by atoms with E-state index in [0.29, 0.717) is 6.42 Å². The van der Waals surface area contributed by atoms with Crippen LogP contribution in [-0.4, -0.2) is 14.2 Å². The molecule has 0 aliphatic rings. The van der Waals surface area contributed by atoms with Gasteiger partial charge in [0.05, 0.1) is 11.5 Å². The number of halogens is 2. The van der Waals surface area contributed by atoms with Crippen LogP contribution < -0.4 is 0 Å². The summed E-state index contributed by atoms with van der Waals surface area (Å²) < 4.78 is 48.7. The van der Waals surface area contributed by atoms with Crippen LogP contribution in [0.5, 0.6) is 0 Å². The lowest BCUT2D eigenvalue weighted by Crippen LogP contribution is -2.10. The van der Waals surface area contributed by atoms with Crippen molar-refractivity contribution in [2.75, 3.05) is 5.75 Å². The molecular weight excluding hydrogens is 222 g/mol. The third-order valence-corrected chi connectivity index (χ3v) is 3.70. The predicted octanol–water partition coefficient (Wildman–Crippen LogP) is 2.29. The SMILES string of the molecule is CCCS(=O)(=O)Cc1cccc(F)c1F. The van der Waals surface area contributed by atoms with Crippen molar-refractivity contribution in [3.05, 3.63) is 35.4 Å². The van der Waals surface area contributed by atoms with Crippen molar-refractivity contribution >= 4 is 9.84 Å². The Morgan fingerprint density at radius 2 is 1.93 bits per heavy atom. The third kappa shape index (κ3) is 3.27. The standard InChI is InChI=1S/C10H12F2O2S/c1-2-6-15(13,14)7-8-4-3-5-9(11)10(8)12/h3-5H,2,6-7H2,1H3. The van der Waals surface area contributed by atoms with Crippen LogP contribution in [0.2, 0.25) is 0 Å². The van der Waals surface area contributed by atoms with E-state index in [0.717, 1.165) is 6.07 Å². The van der Waals surface area contributed by atoms with Crippen LogP contribution in [-0.2, 0) is 15.6 Å². The maximum Gasteiger partial charge on any atom is 0.163 e. The van der Waals surface area contributed by atoms with Crippen molar-refractivity contribution in [2.45, 2.75) is 19.1 Å². The van der Waals surface area contributed by atoms with E-state index in [4.69, 9.17) is 0 Å². The van der Waals surface area contributed by atoms with Crippen LogP contribution in [0.1, 0.15) is 18.9 Å². The number of sulfone groups is 1. The highest BCUT2D eigenvalue weighted by Crippen LogP contribution is 2.14. The average molecular weight is 234 g/mol. The van der Waals surface area contributed by atoms with Gasteiger partial charge in [0.25, 0.3) is 0 Å². The second-order valence-electron chi connectivity index (χ2n) is 3.30. The Kier molecular flexibility index (Phi) is 3.79. The van der Waals surface area contributed by atoms with Crippen LogP contribution >= 0.6 is 0 Å². The topological polar surface area (TPSA) is 34.1 Å². The van der Waals surface area contributed by atoms with Crippen molar-refractivity contribution < 1.29 is 17.2 Å². The first kappa shape index (κ1) is 12.1. The summed E-state index contributed by atoms with van der Waals surface area (Å²) in [4.78, 5) is 0. The molecular formula is C10H12F2O2S. The number of benzene rings is 1. The molecule has 0 amide bonds. The van der Waals surface area contributed by atoms with E-state index in [-0.39, 0.29) is 11.3 Å². The lowest BCUT2D eigenvalue weighted by Gasteiger charge is -2.04. The summed E-state index contributed by atoms with van der Waals surface area (Å²) in [5.74, 6) is -2.54. The first-order chi connectivity index (χ1) is 6.96. The van der Waals surface area contributed by atoms with Crippen LogP contribution in [0.3, 0.4) is 0 Å². The molecule has 1 aromatic rings. The minimum atomic E-state index is -3.33. The summed E-state index contributed by atoms with van der Waals surface area (Å²) in [6.45, 7) is 1.72. The summed E-state index contributed by atoms with van der Waals surface area (Å²) in [7, 11) is -3.33. The fraction of sp³-hybridized carbons (Fsp3) is 0.400. The van der Waals surface area contributed by atoms with E-state index in [1.807, 2.05) is 0 Å². The average Bonchev–Trinajstić information content (AvgIpc) is 2.12. The van der Waals surface area contributed by atoms with Gasteiger partial charge in [0, 0.05) is 5.56 Å². The van der Waals surface area contributed by atoms with Gasteiger partial charge in [-0.25, -0.2) is 17.2 Å². The van der Waals surface area contributed by atoms with Crippen molar-refractivity contribution in [3.8, 4) is 0 Å². The van der Waals surface area contributed by atoms with E-state index in [9.17, 15) is 17.2 Å². The highest BCUT2D eigenvalue weighted by Gasteiger charge is 2.15.